The van der Waals surface area contributed by atoms with Gasteiger partial charge in [-0.1, -0.05) is 42.5 Å². The molecule has 2 N–H and O–H groups in total. The highest BCUT2D eigenvalue weighted by Crippen LogP contribution is 2.16. The van der Waals surface area contributed by atoms with Gasteiger partial charge in [0.1, 0.15) is 6.04 Å². The van der Waals surface area contributed by atoms with E-state index in [2.05, 4.69) is 15.3 Å². The van der Waals surface area contributed by atoms with Crippen LogP contribution in [0.3, 0.4) is 0 Å². The third kappa shape index (κ3) is 4.76. The number of carbonyl (C=O) groups excluding carboxylic acids is 1. The summed E-state index contributed by atoms with van der Waals surface area (Å²) >= 11 is 0. The number of nitrogens with zero attached hydrogens (tertiary/aromatic N) is 2. The summed E-state index contributed by atoms with van der Waals surface area (Å²) in [6.45, 7) is 1.92. The molecule has 0 aliphatic heterocycles. The van der Waals surface area contributed by atoms with Gasteiger partial charge in [0.05, 0.1) is 0 Å². The van der Waals surface area contributed by atoms with Crippen LogP contribution in [0.1, 0.15) is 21.5 Å². The molecule has 6 nitrogen and oxygen atoms in total. The molecule has 1 aromatic heterocycles. The Balaban J connectivity index is 1.70. The lowest BCUT2D eigenvalue weighted by atomic mass is 10.0. The highest BCUT2D eigenvalue weighted by atomic mass is 16.4. The number of amides is 1. The van der Waals surface area contributed by atoms with Crippen molar-refractivity contribution < 1.29 is 14.7 Å². The van der Waals surface area contributed by atoms with E-state index in [9.17, 15) is 14.7 Å². The predicted octanol–water partition coefficient (Wildman–Crippen LogP) is 2.88. The van der Waals surface area contributed by atoms with E-state index in [1.54, 1.807) is 42.7 Å². The molecule has 3 aromatic rings. The molecule has 0 saturated carbocycles. The Hall–Kier alpha value is -3.54. The predicted molar refractivity (Wildman–Crippen MR) is 101 cm³/mol. The fourth-order valence-corrected chi connectivity index (χ4v) is 2.60. The van der Waals surface area contributed by atoms with E-state index in [-0.39, 0.29) is 6.42 Å². The average Bonchev–Trinajstić information content (AvgIpc) is 2.69. The SMILES string of the molecule is Cc1cnc(-c2ccc(CC(NC(=O)c3ccccc3)C(=O)O)cc2)nc1. The second-order valence-corrected chi connectivity index (χ2v) is 6.22. The van der Waals surface area contributed by atoms with Gasteiger partial charge in [0, 0.05) is 29.9 Å². The summed E-state index contributed by atoms with van der Waals surface area (Å²) in [6.07, 6.45) is 3.68. The second-order valence-electron chi connectivity index (χ2n) is 6.22. The minimum atomic E-state index is -1.08. The quantitative estimate of drug-likeness (QED) is 0.704. The summed E-state index contributed by atoms with van der Waals surface area (Å²) < 4.78 is 0. The normalized spacial score (nSPS) is 11.6. The summed E-state index contributed by atoms with van der Waals surface area (Å²) in [5.74, 6) is -0.878. The molecule has 0 spiro atoms. The maximum Gasteiger partial charge on any atom is 0.326 e. The van der Waals surface area contributed by atoms with Gasteiger partial charge in [-0.05, 0) is 30.2 Å². The minimum Gasteiger partial charge on any atom is -0.480 e. The summed E-state index contributed by atoms with van der Waals surface area (Å²) in [6, 6.07) is 14.9. The summed E-state index contributed by atoms with van der Waals surface area (Å²) in [4.78, 5) is 32.3. The molecule has 1 unspecified atom stereocenters. The zero-order chi connectivity index (χ0) is 19.2. The first-order valence-corrected chi connectivity index (χ1v) is 8.49. The molecule has 0 saturated heterocycles. The molecule has 0 aliphatic rings. The Labute approximate surface area is 156 Å². The number of aliphatic carboxylic acids is 1. The van der Waals surface area contributed by atoms with Crippen LogP contribution >= 0.6 is 0 Å². The van der Waals surface area contributed by atoms with Gasteiger partial charge in [0.15, 0.2) is 5.82 Å². The van der Waals surface area contributed by atoms with E-state index in [1.807, 2.05) is 31.2 Å². The lowest BCUT2D eigenvalue weighted by molar-refractivity contribution is -0.139. The Morgan fingerprint density at radius 1 is 1.00 bits per heavy atom. The molecule has 3 rings (SSSR count). The fourth-order valence-electron chi connectivity index (χ4n) is 2.60. The van der Waals surface area contributed by atoms with Gasteiger partial charge in [-0.3, -0.25) is 4.79 Å². The largest absolute Gasteiger partial charge is 0.480 e. The number of aryl methyl sites for hydroxylation is 1. The second kappa shape index (κ2) is 8.23. The van der Waals surface area contributed by atoms with E-state index in [0.29, 0.717) is 11.4 Å². The Morgan fingerprint density at radius 3 is 2.22 bits per heavy atom. The van der Waals surface area contributed by atoms with Crippen LogP contribution in [-0.4, -0.2) is 33.0 Å². The molecular formula is C21H19N3O3. The van der Waals surface area contributed by atoms with E-state index in [1.165, 1.54) is 0 Å². The number of benzene rings is 2. The van der Waals surface area contributed by atoms with Crippen molar-refractivity contribution >= 4 is 11.9 Å². The summed E-state index contributed by atoms with van der Waals surface area (Å²) in [7, 11) is 0. The van der Waals surface area contributed by atoms with Crippen LogP contribution in [0.2, 0.25) is 0 Å². The number of rotatable bonds is 6. The van der Waals surface area contributed by atoms with E-state index in [4.69, 9.17) is 0 Å². The Kier molecular flexibility index (Phi) is 5.56. The maximum atomic E-state index is 12.2. The van der Waals surface area contributed by atoms with Crippen molar-refractivity contribution in [3.63, 3.8) is 0 Å². The van der Waals surface area contributed by atoms with Crippen molar-refractivity contribution in [2.24, 2.45) is 0 Å². The minimum absolute atomic E-state index is 0.183. The Bertz CT molecular complexity index is 923. The number of nitrogens with one attached hydrogen (secondary N) is 1. The molecule has 6 heteroatoms. The van der Waals surface area contributed by atoms with Gasteiger partial charge >= 0.3 is 5.97 Å². The zero-order valence-corrected chi connectivity index (χ0v) is 14.8. The van der Waals surface area contributed by atoms with Crippen LogP contribution in [0.15, 0.2) is 67.0 Å². The molecule has 1 atom stereocenters. The van der Waals surface area contributed by atoms with Crippen molar-refractivity contribution in [3.05, 3.63) is 83.7 Å². The van der Waals surface area contributed by atoms with Crippen LogP contribution < -0.4 is 5.32 Å². The van der Waals surface area contributed by atoms with Gasteiger partial charge in [0.25, 0.3) is 5.91 Å². The lowest BCUT2D eigenvalue weighted by Crippen LogP contribution is -2.42. The van der Waals surface area contributed by atoms with Gasteiger partial charge < -0.3 is 10.4 Å². The average molecular weight is 361 g/mol. The number of carboxylic acids is 1. The van der Waals surface area contributed by atoms with E-state index < -0.39 is 17.9 Å². The molecule has 0 aliphatic carbocycles. The number of hydrogen-bond acceptors (Lipinski definition) is 4. The number of aromatic nitrogens is 2. The van der Waals surface area contributed by atoms with Crippen LogP contribution in [0.5, 0.6) is 0 Å². The summed E-state index contributed by atoms with van der Waals surface area (Å²) in [5.41, 5.74) is 3.05. The standard InChI is InChI=1S/C21H19N3O3/c1-14-12-22-19(23-13-14)16-9-7-15(8-10-16)11-18(21(26)27)24-20(25)17-5-3-2-4-6-17/h2-10,12-13,18H,11H2,1H3,(H,24,25)(H,26,27). The third-order valence-electron chi connectivity index (χ3n) is 4.07. The molecule has 136 valence electrons. The summed E-state index contributed by atoms with van der Waals surface area (Å²) in [5, 5.41) is 12.0. The highest BCUT2D eigenvalue weighted by molar-refractivity contribution is 5.96. The molecular weight excluding hydrogens is 342 g/mol. The molecule has 1 amide bonds. The smallest absolute Gasteiger partial charge is 0.326 e. The monoisotopic (exact) mass is 361 g/mol. The topological polar surface area (TPSA) is 92.2 Å². The van der Waals surface area contributed by atoms with Gasteiger partial charge in [0.2, 0.25) is 0 Å². The molecule has 27 heavy (non-hydrogen) atoms. The van der Waals surface area contributed by atoms with Gasteiger partial charge in [-0.15, -0.1) is 0 Å². The van der Waals surface area contributed by atoms with Crippen molar-refractivity contribution in [2.45, 2.75) is 19.4 Å². The van der Waals surface area contributed by atoms with Crippen LogP contribution in [0.4, 0.5) is 0 Å². The molecule has 2 aromatic carbocycles. The fraction of sp³-hybridized carbons (Fsp3) is 0.143. The number of carbonyl (C=O) groups is 2. The first kappa shape index (κ1) is 18.3. The maximum absolute atomic E-state index is 12.2. The van der Waals surface area contributed by atoms with Crippen molar-refractivity contribution in [1.29, 1.82) is 0 Å². The van der Waals surface area contributed by atoms with Crippen molar-refractivity contribution in [3.8, 4) is 11.4 Å². The molecule has 1 heterocycles. The van der Waals surface area contributed by atoms with Crippen molar-refractivity contribution in [1.82, 2.24) is 15.3 Å². The van der Waals surface area contributed by atoms with Crippen LogP contribution in [0.25, 0.3) is 11.4 Å². The molecule has 0 fully saturated rings. The van der Waals surface area contributed by atoms with E-state index in [0.717, 1.165) is 16.7 Å². The molecule has 0 bridgehead atoms. The zero-order valence-electron chi connectivity index (χ0n) is 14.8. The van der Waals surface area contributed by atoms with E-state index >= 15 is 0 Å². The highest BCUT2D eigenvalue weighted by Gasteiger charge is 2.21. The van der Waals surface area contributed by atoms with Crippen LogP contribution in [-0.2, 0) is 11.2 Å². The third-order valence-corrected chi connectivity index (χ3v) is 4.07. The van der Waals surface area contributed by atoms with Crippen LogP contribution in [0, 0.1) is 6.92 Å². The lowest BCUT2D eigenvalue weighted by Gasteiger charge is -2.15. The molecule has 0 radical (unpaired) electrons. The Morgan fingerprint density at radius 2 is 1.63 bits per heavy atom. The first-order valence-electron chi connectivity index (χ1n) is 8.49. The number of carboxylic acid groups (broad SMARTS) is 1. The van der Waals surface area contributed by atoms with Crippen molar-refractivity contribution in [2.75, 3.05) is 0 Å². The van der Waals surface area contributed by atoms with Gasteiger partial charge in [-0.25, -0.2) is 14.8 Å². The van der Waals surface area contributed by atoms with Gasteiger partial charge in [-0.2, -0.15) is 0 Å². The number of hydrogen-bond donors (Lipinski definition) is 2. The first-order chi connectivity index (χ1) is 13.0.